The van der Waals surface area contributed by atoms with Crippen LogP contribution in [0.15, 0.2) is 12.4 Å². The lowest BCUT2D eigenvalue weighted by atomic mass is 10.0. The van der Waals surface area contributed by atoms with Crippen molar-refractivity contribution in [3.05, 3.63) is 12.4 Å². The van der Waals surface area contributed by atoms with E-state index in [2.05, 4.69) is 43.0 Å². The van der Waals surface area contributed by atoms with Crippen molar-refractivity contribution in [3.8, 4) is 0 Å². The number of hydrogen-bond donors (Lipinski definition) is 0. The topological polar surface area (TPSA) is 6.48 Å². The van der Waals surface area contributed by atoms with Crippen molar-refractivity contribution in [2.24, 2.45) is 0 Å². The summed E-state index contributed by atoms with van der Waals surface area (Å²) in [6.45, 7) is 9.45. The fourth-order valence-corrected chi connectivity index (χ4v) is 5.83. The predicted molar refractivity (Wildman–Crippen MR) is 163 cm³/mol. The lowest BCUT2D eigenvalue weighted by Crippen LogP contribution is -2.39. The van der Waals surface area contributed by atoms with Gasteiger partial charge in [0.2, 0.25) is 0 Å². The Morgan fingerprint density at radius 3 is 1.03 bits per heavy atom. The van der Waals surface area contributed by atoms with E-state index in [9.17, 15) is 0 Å². The molecule has 0 amide bonds. The van der Waals surface area contributed by atoms with Crippen LogP contribution in [0, 0.1) is 0 Å². The van der Waals surface area contributed by atoms with E-state index < -0.39 is 0 Å². The van der Waals surface area contributed by atoms with E-state index in [0.717, 1.165) is 0 Å². The zero-order chi connectivity index (χ0) is 25.9. The van der Waals surface area contributed by atoms with Gasteiger partial charge in [0.05, 0.1) is 0 Å². The molecule has 0 aromatic heterocycles. The third kappa shape index (κ3) is 18.6. The first kappa shape index (κ1) is 33.4. The average molecular weight is 505 g/mol. The maximum Gasteiger partial charge on any atom is 0.101 e. The molecule has 1 heterocycles. The first-order valence-corrected chi connectivity index (χ1v) is 17.0. The van der Waals surface area contributed by atoms with Gasteiger partial charge in [-0.25, -0.2) is 0 Å². The Bertz CT molecular complexity index is 460. The lowest BCUT2D eigenvalue weighted by Gasteiger charge is -2.33. The molecule has 1 unspecified atom stereocenters. The Labute approximate surface area is 229 Å². The lowest BCUT2D eigenvalue weighted by molar-refractivity contribution is 0.135. The van der Waals surface area contributed by atoms with E-state index in [-0.39, 0.29) is 0 Å². The highest BCUT2D eigenvalue weighted by molar-refractivity contribution is 4.97. The molecule has 0 saturated heterocycles. The molecule has 0 radical (unpaired) electrons. The van der Waals surface area contributed by atoms with Crippen molar-refractivity contribution in [3.63, 3.8) is 0 Å². The van der Waals surface area contributed by atoms with Crippen LogP contribution in [0.1, 0.15) is 188 Å². The van der Waals surface area contributed by atoms with Gasteiger partial charge in [-0.1, -0.05) is 162 Å². The van der Waals surface area contributed by atoms with Crippen LogP contribution in [0.25, 0.3) is 0 Å². The van der Waals surface area contributed by atoms with Gasteiger partial charge in [0.1, 0.15) is 6.17 Å². The smallest absolute Gasteiger partial charge is 0.101 e. The van der Waals surface area contributed by atoms with Crippen LogP contribution in [0.2, 0.25) is 0 Å². The van der Waals surface area contributed by atoms with Crippen molar-refractivity contribution in [2.45, 2.75) is 194 Å². The standard InChI is InChI=1S/C34H68N2/c1-4-7-10-12-14-15-16-17-18-19-20-21-23-25-28-31-36-33-32-35(30-27-9-6-3)34(36)29-26-24-22-13-11-8-5-2/h32-34H,4-31H2,1-3H3. The van der Waals surface area contributed by atoms with E-state index >= 15 is 0 Å². The van der Waals surface area contributed by atoms with E-state index in [1.54, 1.807) is 0 Å². The van der Waals surface area contributed by atoms with Crippen LogP contribution < -0.4 is 0 Å². The van der Waals surface area contributed by atoms with Crippen LogP contribution in [0.4, 0.5) is 0 Å². The van der Waals surface area contributed by atoms with E-state index in [1.165, 1.54) is 180 Å². The highest BCUT2D eigenvalue weighted by Gasteiger charge is 2.24. The molecule has 1 rings (SSSR count). The SMILES string of the molecule is CCCCCCCCCCCCCCCCCN1C=CN(CCCCC)C1CCCCCCCCC. The molecular weight excluding hydrogens is 436 g/mol. The largest absolute Gasteiger partial charge is 0.356 e. The summed E-state index contributed by atoms with van der Waals surface area (Å²) in [6, 6.07) is 0. The Morgan fingerprint density at radius 2 is 0.639 bits per heavy atom. The molecule has 0 aromatic rings. The first-order chi connectivity index (χ1) is 17.8. The average Bonchev–Trinajstić information content (AvgIpc) is 3.27. The fourth-order valence-electron chi connectivity index (χ4n) is 5.83. The van der Waals surface area contributed by atoms with E-state index in [0.29, 0.717) is 6.17 Å². The summed E-state index contributed by atoms with van der Waals surface area (Å²) in [7, 11) is 0. The van der Waals surface area contributed by atoms with Gasteiger partial charge < -0.3 is 9.80 Å². The Hall–Kier alpha value is -0.660. The number of unbranched alkanes of at least 4 members (excludes halogenated alkanes) is 22. The maximum atomic E-state index is 2.69. The summed E-state index contributed by atoms with van der Waals surface area (Å²) in [5.74, 6) is 0. The van der Waals surface area contributed by atoms with Gasteiger partial charge in [0, 0.05) is 25.5 Å². The summed E-state index contributed by atoms with van der Waals surface area (Å²) in [5, 5.41) is 0. The van der Waals surface area contributed by atoms with Crippen LogP contribution in [-0.4, -0.2) is 29.1 Å². The Morgan fingerprint density at radius 1 is 0.361 bits per heavy atom. The van der Waals surface area contributed by atoms with Crippen LogP contribution in [0.5, 0.6) is 0 Å². The minimum absolute atomic E-state index is 0.643. The highest BCUT2D eigenvalue weighted by atomic mass is 15.4. The van der Waals surface area contributed by atoms with Crippen molar-refractivity contribution in [1.29, 1.82) is 0 Å². The minimum Gasteiger partial charge on any atom is -0.356 e. The molecule has 0 aromatic carbocycles. The van der Waals surface area contributed by atoms with Crippen molar-refractivity contribution in [2.75, 3.05) is 13.1 Å². The van der Waals surface area contributed by atoms with E-state index in [4.69, 9.17) is 0 Å². The van der Waals surface area contributed by atoms with Crippen molar-refractivity contribution in [1.82, 2.24) is 9.80 Å². The van der Waals surface area contributed by atoms with Gasteiger partial charge in [-0.2, -0.15) is 0 Å². The Balaban J connectivity index is 2.07. The van der Waals surface area contributed by atoms with E-state index in [1.807, 2.05) is 0 Å². The molecule has 214 valence electrons. The molecule has 2 nitrogen and oxygen atoms in total. The molecule has 0 spiro atoms. The third-order valence-corrected chi connectivity index (χ3v) is 8.32. The summed E-state index contributed by atoms with van der Waals surface area (Å²) in [4.78, 5) is 5.35. The zero-order valence-corrected chi connectivity index (χ0v) is 25.4. The van der Waals surface area contributed by atoms with Crippen LogP contribution in [-0.2, 0) is 0 Å². The van der Waals surface area contributed by atoms with Gasteiger partial charge >= 0.3 is 0 Å². The molecule has 1 aliphatic rings. The molecule has 1 atom stereocenters. The molecule has 0 aliphatic carbocycles. The summed E-state index contributed by atoms with van der Waals surface area (Å²) in [6.07, 6.45) is 42.5. The van der Waals surface area contributed by atoms with Crippen LogP contribution >= 0.6 is 0 Å². The van der Waals surface area contributed by atoms with Crippen molar-refractivity contribution >= 4 is 0 Å². The molecule has 2 heteroatoms. The van der Waals surface area contributed by atoms with Gasteiger partial charge in [-0.05, 0) is 25.7 Å². The molecule has 0 saturated carbocycles. The Kier molecular flexibility index (Phi) is 24.1. The second-order valence-electron chi connectivity index (χ2n) is 11.8. The second kappa shape index (κ2) is 26.0. The molecule has 0 fully saturated rings. The summed E-state index contributed by atoms with van der Waals surface area (Å²) in [5.41, 5.74) is 0. The third-order valence-electron chi connectivity index (χ3n) is 8.32. The predicted octanol–water partition coefficient (Wildman–Crippen LogP) is 11.6. The number of hydrogen-bond acceptors (Lipinski definition) is 2. The second-order valence-corrected chi connectivity index (χ2v) is 11.8. The maximum absolute atomic E-state index is 2.69. The molecule has 0 N–H and O–H groups in total. The summed E-state index contributed by atoms with van der Waals surface area (Å²) >= 11 is 0. The van der Waals surface area contributed by atoms with Crippen LogP contribution in [0.3, 0.4) is 0 Å². The minimum atomic E-state index is 0.643. The van der Waals surface area contributed by atoms with Gasteiger partial charge in [-0.15, -0.1) is 0 Å². The molecule has 0 bridgehead atoms. The number of rotatable bonds is 28. The molecule has 1 aliphatic heterocycles. The fraction of sp³-hybridized carbons (Fsp3) is 0.941. The quantitative estimate of drug-likeness (QED) is 0.0977. The molecule has 36 heavy (non-hydrogen) atoms. The monoisotopic (exact) mass is 505 g/mol. The molecular formula is C34H68N2. The van der Waals surface area contributed by atoms with Gasteiger partial charge in [-0.3, -0.25) is 0 Å². The van der Waals surface area contributed by atoms with Crippen molar-refractivity contribution < 1.29 is 0 Å². The first-order valence-electron chi connectivity index (χ1n) is 17.0. The highest BCUT2D eigenvalue weighted by Crippen LogP contribution is 2.23. The normalized spacial score (nSPS) is 15.5. The van der Waals surface area contributed by atoms with Gasteiger partial charge in [0.25, 0.3) is 0 Å². The zero-order valence-electron chi connectivity index (χ0n) is 25.4. The summed E-state index contributed by atoms with van der Waals surface area (Å²) < 4.78 is 0. The van der Waals surface area contributed by atoms with Gasteiger partial charge in [0.15, 0.2) is 0 Å². The number of nitrogens with zero attached hydrogens (tertiary/aromatic N) is 2.